The number of benzene rings is 1. The molecule has 0 fully saturated rings. The molecule has 2 heterocycles. The van der Waals surface area contributed by atoms with E-state index < -0.39 is 0 Å². The first-order chi connectivity index (χ1) is 11.3. The minimum atomic E-state index is 0.841. The predicted octanol–water partition coefficient (Wildman–Crippen LogP) is 5.45. The van der Waals surface area contributed by atoms with E-state index >= 15 is 0 Å². The highest BCUT2D eigenvalue weighted by atomic mass is 32.2. The summed E-state index contributed by atoms with van der Waals surface area (Å²) >= 11 is 3.65. The summed E-state index contributed by atoms with van der Waals surface area (Å²) in [5.74, 6) is 2.02. The van der Waals surface area contributed by atoms with Crippen molar-refractivity contribution in [2.75, 3.05) is 5.75 Å². The summed E-state index contributed by atoms with van der Waals surface area (Å²) in [5.41, 5.74) is 4.56. The van der Waals surface area contributed by atoms with E-state index in [9.17, 15) is 0 Å². The second kappa shape index (κ2) is 7.88. The first kappa shape index (κ1) is 16.4. The molecule has 3 aromatic rings. The van der Waals surface area contributed by atoms with Crippen LogP contribution in [0.1, 0.15) is 31.0 Å². The van der Waals surface area contributed by atoms with Gasteiger partial charge in [-0.05, 0) is 42.9 Å². The van der Waals surface area contributed by atoms with E-state index in [-0.39, 0.29) is 0 Å². The number of nitrogens with zero attached hydrogens (tertiary/aromatic N) is 2. The SMILES string of the molecule is CCCCSc1ccnc(CSc2nc3ccccc3[nH]2)c1C. The molecular weight excluding hydrogens is 322 g/mol. The van der Waals surface area contributed by atoms with Crippen LogP contribution in [0.5, 0.6) is 0 Å². The van der Waals surface area contributed by atoms with Crippen LogP contribution in [0.2, 0.25) is 0 Å². The van der Waals surface area contributed by atoms with E-state index in [0.29, 0.717) is 0 Å². The van der Waals surface area contributed by atoms with Crippen LogP contribution in [-0.4, -0.2) is 20.7 Å². The maximum Gasteiger partial charge on any atom is 0.166 e. The Kier molecular flexibility index (Phi) is 5.62. The lowest BCUT2D eigenvalue weighted by molar-refractivity contribution is 0.895. The van der Waals surface area contributed by atoms with Gasteiger partial charge in [-0.2, -0.15) is 0 Å². The molecule has 2 aromatic heterocycles. The lowest BCUT2D eigenvalue weighted by Gasteiger charge is -2.09. The quantitative estimate of drug-likeness (QED) is 0.457. The fourth-order valence-corrected chi connectivity index (χ4v) is 4.38. The van der Waals surface area contributed by atoms with Crippen LogP contribution in [0, 0.1) is 6.92 Å². The van der Waals surface area contributed by atoms with Crippen molar-refractivity contribution < 1.29 is 0 Å². The molecule has 0 saturated heterocycles. The maximum atomic E-state index is 4.61. The molecule has 0 radical (unpaired) electrons. The molecule has 0 aliphatic rings. The third-order valence-corrected chi connectivity index (χ3v) is 5.86. The van der Waals surface area contributed by atoms with Gasteiger partial charge in [0.25, 0.3) is 0 Å². The number of unbranched alkanes of at least 4 members (excludes halogenated alkanes) is 1. The van der Waals surface area contributed by atoms with Gasteiger partial charge in [-0.25, -0.2) is 4.98 Å². The van der Waals surface area contributed by atoms with E-state index in [4.69, 9.17) is 0 Å². The van der Waals surface area contributed by atoms with Crippen molar-refractivity contribution in [2.24, 2.45) is 0 Å². The van der Waals surface area contributed by atoms with Crippen LogP contribution in [0.25, 0.3) is 11.0 Å². The summed E-state index contributed by atoms with van der Waals surface area (Å²) < 4.78 is 0. The lowest BCUT2D eigenvalue weighted by Crippen LogP contribution is -1.94. The van der Waals surface area contributed by atoms with Gasteiger partial charge >= 0.3 is 0 Å². The monoisotopic (exact) mass is 343 g/mol. The van der Waals surface area contributed by atoms with Crippen molar-refractivity contribution in [1.82, 2.24) is 15.0 Å². The minimum Gasteiger partial charge on any atom is -0.333 e. The summed E-state index contributed by atoms with van der Waals surface area (Å²) in [4.78, 5) is 13.9. The smallest absolute Gasteiger partial charge is 0.166 e. The Labute approximate surface area is 145 Å². The Morgan fingerprint density at radius 1 is 1.13 bits per heavy atom. The third-order valence-electron chi connectivity index (χ3n) is 3.73. The van der Waals surface area contributed by atoms with Gasteiger partial charge in [0.2, 0.25) is 0 Å². The largest absolute Gasteiger partial charge is 0.333 e. The molecule has 0 spiro atoms. The number of pyridine rings is 1. The number of aromatic amines is 1. The average Bonchev–Trinajstić information content (AvgIpc) is 2.98. The molecule has 23 heavy (non-hydrogen) atoms. The molecule has 5 heteroatoms. The molecule has 0 aliphatic heterocycles. The summed E-state index contributed by atoms with van der Waals surface area (Å²) in [6.07, 6.45) is 4.43. The van der Waals surface area contributed by atoms with E-state index in [1.165, 1.54) is 29.1 Å². The molecule has 0 bridgehead atoms. The second-order valence-electron chi connectivity index (χ2n) is 5.43. The molecule has 0 amide bonds. The van der Waals surface area contributed by atoms with Crippen molar-refractivity contribution >= 4 is 34.6 Å². The number of fused-ring (bicyclic) bond motifs is 1. The van der Waals surface area contributed by atoms with Crippen LogP contribution in [0.4, 0.5) is 0 Å². The molecule has 3 nitrogen and oxygen atoms in total. The average molecular weight is 344 g/mol. The van der Waals surface area contributed by atoms with Crippen LogP contribution in [0.3, 0.4) is 0 Å². The molecule has 3 rings (SSSR count). The zero-order valence-corrected chi connectivity index (χ0v) is 15.1. The molecule has 120 valence electrons. The second-order valence-corrected chi connectivity index (χ2v) is 7.53. The van der Waals surface area contributed by atoms with Gasteiger partial charge in [-0.1, -0.05) is 37.2 Å². The Morgan fingerprint density at radius 2 is 2.00 bits per heavy atom. The highest BCUT2D eigenvalue weighted by molar-refractivity contribution is 7.99. The van der Waals surface area contributed by atoms with Crippen LogP contribution < -0.4 is 0 Å². The maximum absolute atomic E-state index is 4.61. The molecule has 0 saturated carbocycles. The molecule has 0 aliphatic carbocycles. The first-order valence-corrected chi connectivity index (χ1v) is 9.90. The highest BCUT2D eigenvalue weighted by Gasteiger charge is 2.08. The van der Waals surface area contributed by atoms with Crippen molar-refractivity contribution in [3.63, 3.8) is 0 Å². The minimum absolute atomic E-state index is 0.841. The highest BCUT2D eigenvalue weighted by Crippen LogP contribution is 2.28. The number of imidazole rings is 1. The number of rotatable bonds is 7. The zero-order chi connectivity index (χ0) is 16.1. The van der Waals surface area contributed by atoms with Gasteiger partial charge in [-0.15, -0.1) is 11.8 Å². The van der Waals surface area contributed by atoms with Gasteiger partial charge in [0, 0.05) is 16.8 Å². The number of aromatic nitrogens is 3. The van der Waals surface area contributed by atoms with E-state index in [2.05, 4.69) is 40.9 Å². The Balaban J connectivity index is 1.68. The molecule has 1 N–H and O–H groups in total. The number of nitrogens with one attached hydrogen (secondary N) is 1. The van der Waals surface area contributed by atoms with E-state index in [1.807, 2.05) is 36.2 Å². The third kappa shape index (κ3) is 4.09. The number of thioether (sulfide) groups is 2. The summed E-state index contributed by atoms with van der Waals surface area (Å²) in [6, 6.07) is 10.3. The van der Waals surface area contributed by atoms with Crippen molar-refractivity contribution in [2.45, 2.75) is 42.5 Å². The van der Waals surface area contributed by atoms with Crippen molar-refractivity contribution in [3.8, 4) is 0 Å². The van der Waals surface area contributed by atoms with Gasteiger partial charge in [0.05, 0.1) is 16.7 Å². The molecular formula is C18H21N3S2. The number of H-pyrrole nitrogens is 1. The summed E-state index contributed by atoms with van der Waals surface area (Å²) in [7, 11) is 0. The van der Waals surface area contributed by atoms with E-state index in [1.54, 1.807) is 11.8 Å². The van der Waals surface area contributed by atoms with Crippen LogP contribution >= 0.6 is 23.5 Å². The normalized spacial score (nSPS) is 11.2. The molecule has 1 aromatic carbocycles. The van der Waals surface area contributed by atoms with Gasteiger partial charge in [-0.3, -0.25) is 4.98 Å². The fourth-order valence-electron chi connectivity index (χ4n) is 2.32. The van der Waals surface area contributed by atoms with Crippen LogP contribution in [-0.2, 0) is 5.75 Å². The zero-order valence-electron chi connectivity index (χ0n) is 13.5. The molecule has 0 atom stereocenters. The summed E-state index contributed by atoms with van der Waals surface area (Å²) in [6.45, 7) is 4.41. The van der Waals surface area contributed by atoms with Crippen LogP contribution in [0.15, 0.2) is 46.6 Å². The number of hydrogen-bond donors (Lipinski definition) is 1. The van der Waals surface area contributed by atoms with Crippen molar-refractivity contribution in [1.29, 1.82) is 0 Å². The van der Waals surface area contributed by atoms with Gasteiger partial charge in [0.1, 0.15) is 0 Å². The number of para-hydroxylation sites is 2. The van der Waals surface area contributed by atoms with Crippen molar-refractivity contribution in [3.05, 3.63) is 47.8 Å². The Bertz CT molecular complexity index is 750. The standard InChI is InChI=1S/C18H21N3S2/c1-3-4-11-22-17-9-10-19-16(13(17)2)12-23-18-20-14-7-5-6-8-15(14)21-18/h5-10H,3-4,11-12H2,1-2H3,(H,20,21). The Hall–Kier alpha value is -1.46. The number of hydrogen-bond acceptors (Lipinski definition) is 4. The summed E-state index contributed by atoms with van der Waals surface area (Å²) in [5, 5.41) is 0.955. The molecule has 0 unspecified atom stereocenters. The topological polar surface area (TPSA) is 41.6 Å². The predicted molar refractivity (Wildman–Crippen MR) is 100 cm³/mol. The van der Waals surface area contributed by atoms with Gasteiger partial charge in [0.15, 0.2) is 5.16 Å². The fraction of sp³-hybridized carbons (Fsp3) is 0.333. The Morgan fingerprint density at radius 3 is 2.83 bits per heavy atom. The van der Waals surface area contributed by atoms with Gasteiger partial charge < -0.3 is 4.98 Å². The first-order valence-electron chi connectivity index (χ1n) is 7.92. The lowest BCUT2D eigenvalue weighted by atomic mass is 10.2. The van der Waals surface area contributed by atoms with E-state index in [0.717, 1.165) is 27.6 Å².